The van der Waals surface area contributed by atoms with Gasteiger partial charge in [-0.3, -0.25) is 9.36 Å². The Hall–Kier alpha value is -2.68. The monoisotopic (exact) mass is 483 g/mol. The van der Waals surface area contributed by atoms with Crippen molar-refractivity contribution < 1.29 is 4.52 Å². The smallest absolute Gasteiger partial charge is 0.262 e. The van der Waals surface area contributed by atoms with Gasteiger partial charge in [0.15, 0.2) is 5.16 Å². The van der Waals surface area contributed by atoms with Gasteiger partial charge in [0.1, 0.15) is 0 Å². The third-order valence-corrected chi connectivity index (χ3v) is 6.78. The molecule has 0 saturated carbocycles. The molecule has 33 heavy (non-hydrogen) atoms. The van der Waals surface area contributed by atoms with E-state index in [1.54, 1.807) is 10.6 Å². The van der Waals surface area contributed by atoms with Crippen LogP contribution in [0.5, 0.6) is 0 Å². The SMILES string of the molecule is CCN(CC)CCCn1c(SCc2nc(-c3ccccc3Cl)no2)nc2ccccc2c1=O. The first-order chi connectivity index (χ1) is 16.1. The normalized spacial score (nSPS) is 11.5. The summed E-state index contributed by atoms with van der Waals surface area (Å²) in [5, 5.41) is 5.90. The molecular weight excluding hydrogens is 458 g/mol. The van der Waals surface area contributed by atoms with Crippen molar-refractivity contribution in [1.29, 1.82) is 0 Å². The van der Waals surface area contributed by atoms with E-state index < -0.39 is 0 Å². The van der Waals surface area contributed by atoms with Crippen molar-refractivity contribution >= 4 is 34.3 Å². The van der Waals surface area contributed by atoms with E-state index in [0.717, 1.165) is 31.6 Å². The molecule has 0 unspecified atom stereocenters. The molecule has 2 heterocycles. The van der Waals surface area contributed by atoms with Gasteiger partial charge in [0, 0.05) is 12.1 Å². The number of hydrogen-bond acceptors (Lipinski definition) is 7. The maximum absolute atomic E-state index is 13.2. The number of para-hydroxylation sites is 1. The number of fused-ring (bicyclic) bond motifs is 1. The van der Waals surface area contributed by atoms with Crippen LogP contribution >= 0.6 is 23.4 Å². The van der Waals surface area contributed by atoms with Crippen molar-refractivity contribution in [2.24, 2.45) is 0 Å². The quantitative estimate of drug-likeness (QED) is 0.229. The molecule has 4 rings (SSSR count). The summed E-state index contributed by atoms with van der Waals surface area (Å²) in [5.41, 5.74) is 1.38. The van der Waals surface area contributed by atoms with Crippen LogP contribution in [0.25, 0.3) is 22.3 Å². The van der Waals surface area contributed by atoms with Gasteiger partial charge in [-0.25, -0.2) is 4.98 Å². The van der Waals surface area contributed by atoms with E-state index >= 15 is 0 Å². The van der Waals surface area contributed by atoms with E-state index in [0.29, 0.717) is 45.1 Å². The van der Waals surface area contributed by atoms with Crippen molar-refractivity contribution in [3.05, 3.63) is 69.8 Å². The van der Waals surface area contributed by atoms with E-state index in [-0.39, 0.29) is 5.56 Å². The van der Waals surface area contributed by atoms with Crippen LogP contribution in [0.15, 0.2) is 63.0 Å². The van der Waals surface area contributed by atoms with Crippen molar-refractivity contribution in [1.82, 2.24) is 24.6 Å². The molecule has 0 aliphatic carbocycles. The van der Waals surface area contributed by atoms with Gasteiger partial charge in [0.05, 0.1) is 21.7 Å². The lowest BCUT2D eigenvalue weighted by Gasteiger charge is -2.19. The Morgan fingerprint density at radius 3 is 2.61 bits per heavy atom. The Bertz CT molecular complexity index is 1290. The minimum atomic E-state index is -0.0232. The Labute approximate surface area is 201 Å². The topological polar surface area (TPSA) is 77.1 Å². The highest BCUT2D eigenvalue weighted by Crippen LogP contribution is 2.27. The zero-order chi connectivity index (χ0) is 23.2. The molecule has 0 aliphatic heterocycles. The highest BCUT2D eigenvalue weighted by Gasteiger charge is 2.15. The molecule has 2 aromatic carbocycles. The highest BCUT2D eigenvalue weighted by molar-refractivity contribution is 7.98. The van der Waals surface area contributed by atoms with Gasteiger partial charge in [-0.1, -0.05) is 66.6 Å². The molecule has 0 bridgehead atoms. The second-order valence-corrected chi connectivity index (χ2v) is 8.88. The molecule has 172 valence electrons. The summed E-state index contributed by atoms with van der Waals surface area (Å²) in [7, 11) is 0. The van der Waals surface area contributed by atoms with E-state index in [1.165, 1.54) is 11.8 Å². The van der Waals surface area contributed by atoms with Gasteiger partial charge >= 0.3 is 0 Å². The predicted molar refractivity (Wildman–Crippen MR) is 133 cm³/mol. The molecule has 4 aromatic rings. The van der Waals surface area contributed by atoms with Crippen LogP contribution < -0.4 is 5.56 Å². The number of benzene rings is 2. The molecule has 0 fully saturated rings. The molecule has 0 amide bonds. The molecule has 2 aromatic heterocycles. The fraction of sp³-hybridized carbons (Fsp3) is 0.333. The van der Waals surface area contributed by atoms with E-state index in [1.807, 2.05) is 42.5 Å². The number of hydrogen-bond donors (Lipinski definition) is 0. The summed E-state index contributed by atoms with van der Waals surface area (Å²) < 4.78 is 7.20. The van der Waals surface area contributed by atoms with E-state index in [9.17, 15) is 4.79 Å². The summed E-state index contributed by atoms with van der Waals surface area (Å²) in [6, 6.07) is 14.8. The zero-order valence-corrected chi connectivity index (χ0v) is 20.3. The molecule has 0 spiro atoms. The average Bonchev–Trinajstić information content (AvgIpc) is 3.31. The van der Waals surface area contributed by atoms with Crippen molar-refractivity contribution in [2.45, 2.75) is 37.7 Å². The third kappa shape index (κ3) is 5.46. The number of thioether (sulfide) groups is 1. The fourth-order valence-corrected chi connectivity index (χ4v) is 4.72. The Morgan fingerprint density at radius 1 is 1.06 bits per heavy atom. The summed E-state index contributed by atoms with van der Waals surface area (Å²) in [6.07, 6.45) is 0.867. The van der Waals surface area contributed by atoms with Crippen LogP contribution in [-0.4, -0.2) is 44.2 Å². The highest BCUT2D eigenvalue weighted by atomic mass is 35.5. The van der Waals surface area contributed by atoms with Crippen LogP contribution in [0.1, 0.15) is 26.2 Å². The predicted octanol–water partition coefficient (Wildman–Crippen LogP) is 5.12. The summed E-state index contributed by atoms with van der Waals surface area (Å²) in [6.45, 7) is 7.82. The van der Waals surface area contributed by atoms with Crippen molar-refractivity contribution in [3.8, 4) is 11.4 Å². The van der Waals surface area contributed by atoms with Crippen LogP contribution in [-0.2, 0) is 12.3 Å². The van der Waals surface area contributed by atoms with Gasteiger partial charge in [-0.15, -0.1) is 0 Å². The van der Waals surface area contributed by atoms with Gasteiger partial charge in [0.25, 0.3) is 5.56 Å². The molecule has 0 atom stereocenters. The maximum atomic E-state index is 13.2. The molecule has 0 saturated heterocycles. The Morgan fingerprint density at radius 2 is 1.82 bits per heavy atom. The zero-order valence-electron chi connectivity index (χ0n) is 18.7. The minimum Gasteiger partial charge on any atom is -0.338 e. The van der Waals surface area contributed by atoms with Gasteiger partial charge in [0.2, 0.25) is 11.7 Å². The molecule has 0 radical (unpaired) electrons. The second-order valence-electron chi connectivity index (χ2n) is 7.53. The number of nitrogens with zero attached hydrogens (tertiary/aromatic N) is 5. The van der Waals surface area contributed by atoms with Crippen LogP contribution in [0, 0.1) is 0 Å². The first kappa shape index (κ1) is 23.5. The molecular formula is C24H26ClN5O2S. The molecule has 0 aliphatic rings. The lowest BCUT2D eigenvalue weighted by atomic mass is 10.2. The number of rotatable bonds is 10. The number of halogens is 1. The second kappa shape index (κ2) is 11.0. The lowest BCUT2D eigenvalue weighted by Crippen LogP contribution is -2.28. The molecule has 0 N–H and O–H groups in total. The lowest BCUT2D eigenvalue weighted by molar-refractivity contribution is 0.290. The first-order valence-electron chi connectivity index (χ1n) is 11.0. The van der Waals surface area contributed by atoms with Crippen LogP contribution in [0.4, 0.5) is 0 Å². The number of aromatic nitrogens is 4. The van der Waals surface area contributed by atoms with Gasteiger partial charge in [-0.2, -0.15) is 4.98 Å². The standard InChI is InChI=1S/C24H26ClN5O2S/c1-3-29(4-2)14-9-15-30-23(31)18-11-6-8-13-20(18)26-24(30)33-16-21-27-22(28-32-21)17-10-5-7-12-19(17)25/h5-8,10-13H,3-4,9,14-16H2,1-2H3. The van der Waals surface area contributed by atoms with Gasteiger partial charge in [-0.05, 0) is 50.3 Å². The van der Waals surface area contributed by atoms with E-state index in [4.69, 9.17) is 21.1 Å². The maximum Gasteiger partial charge on any atom is 0.262 e. The molecule has 9 heteroatoms. The molecule has 7 nitrogen and oxygen atoms in total. The minimum absolute atomic E-state index is 0.0232. The van der Waals surface area contributed by atoms with E-state index in [2.05, 4.69) is 28.9 Å². The summed E-state index contributed by atoms with van der Waals surface area (Å²) >= 11 is 7.67. The average molecular weight is 484 g/mol. The summed E-state index contributed by atoms with van der Waals surface area (Å²) in [5.74, 6) is 1.30. The Kier molecular flexibility index (Phi) is 7.80. The summed E-state index contributed by atoms with van der Waals surface area (Å²) in [4.78, 5) is 24.8. The Balaban J connectivity index is 1.56. The third-order valence-electron chi connectivity index (χ3n) is 5.48. The largest absolute Gasteiger partial charge is 0.338 e. The van der Waals surface area contributed by atoms with Crippen LogP contribution in [0.2, 0.25) is 5.02 Å². The fourth-order valence-electron chi connectivity index (χ4n) is 3.64. The van der Waals surface area contributed by atoms with Crippen LogP contribution in [0.3, 0.4) is 0 Å². The van der Waals surface area contributed by atoms with Gasteiger partial charge < -0.3 is 9.42 Å². The first-order valence-corrected chi connectivity index (χ1v) is 12.4. The van der Waals surface area contributed by atoms with Crippen molar-refractivity contribution in [3.63, 3.8) is 0 Å². The van der Waals surface area contributed by atoms with Crippen molar-refractivity contribution in [2.75, 3.05) is 19.6 Å².